The zero-order valence-corrected chi connectivity index (χ0v) is 12.7. The molecule has 0 aromatic carbocycles. The molecule has 0 atom stereocenters. The fourth-order valence-electron chi connectivity index (χ4n) is 3.31. The highest BCUT2D eigenvalue weighted by Crippen LogP contribution is 2.36. The van der Waals surface area contributed by atoms with E-state index < -0.39 is 11.1 Å². The molecule has 2 aliphatic rings. The van der Waals surface area contributed by atoms with Crippen LogP contribution in [-0.4, -0.2) is 42.1 Å². The summed E-state index contributed by atoms with van der Waals surface area (Å²) in [7, 11) is 0. The van der Waals surface area contributed by atoms with Crippen LogP contribution in [0.4, 0.5) is 18.3 Å². The van der Waals surface area contributed by atoms with Crippen LogP contribution in [0.15, 0.2) is 6.20 Å². The first-order valence-electron chi connectivity index (χ1n) is 7.56. The van der Waals surface area contributed by atoms with Crippen LogP contribution in [0, 0.1) is 0 Å². The molecule has 0 amide bonds. The van der Waals surface area contributed by atoms with E-state index >= 15 is 0 Å². The first-order valence-corrected chi connectivity index (χ1v) is 8.38. The van der Waals surface area contributed by atoms with E-state index in [9.17, 15) is 13.2 Å². The van der Waals surface area contributed by atoms with E-state index in [1.54, 1.807) is 0 Å². The van der Waals surface area contributed by atoms with Gasteiger partial charge in [-0.25, -0.2) is 4.98 Å². The number of nitrogens with zero attached hydrogens (tertiary/aromatic N) is 3. The zero-order valence-electron chi connectivity index (χ0n) is 11.9. The van der Waals surface area contributed by atoms with Gasteiger partial charge in [0, 0.05) is 32.2 Å². The molecule has 3 rings (SSSR count). The van der Waals surface area contributed by atoms with Crippen molar-refractivity contribution in [2.75, 3.05) is 31.1 Å². The smallest absolute Gasteiger partial charge is 0.347 e. The number of hydrogen-bond donors (Lipinski definition) is 0. The minimum atomic E-state index is -4.28. The summed E-state index contributed by atoms with van der Waals surface area (Å²) in [6.07, 6.45) is 2.85. The molecule has 0 N–H and O–H groups in total. The van der Waals surface area contributed by atoms with Gasteiger partial charge in [0.25, 0.3) is 0 Å². The van der Waals surface area contributed by atoms with Crippen molar-refractivity contribution in [3.63, 3.8) is 0 Å². The Morgan fingerprint density at radius 3 is 2.48 bits per heavy atom. The van der Waals surface area contributed by atoms with E-state index in [0.717, 1.165) is 50.1 Å². The first kappa shape index (κ1) is 15.1. The van der Waals surface area contributed by atoms with Gasteiger partial charge in [0.05, 0.1) is 6.20 Å². The van der Waals surface area contributed by atoms with Crippen LogP contribution >= 0.6 is 11.3 Å². The van der Waals surface area contributed by atoms with Crippen LogP contribution in [0.1, 0.15) is 37.0 Å². The number of hydrogen-bond acceptors (Lipinski definition) is 4. The summed E-state index contributed by atoms with van der Waals surface area (Å²) < 4.78 is 38.0. The molecule has 0 radical (unpaired) electrons. The molecule has 0 bridgehead atoms. The van der Waals surface area contributed by atoms with Crippen LogP contribution < -0.4 is 4.90 Å². The van der Waals surface area contributed by atoms with Crippen LogP contribution in [0.5, 0.6) is 0 Å². The fourth-order valence-corrected chi connectivity index (χ4v) is 4.14. The second-order valence-corrected chi connectivity index (χ2v) is 6.83. The van der Waals surface area contributed by atoms with Crippen molar-refractivity contribution in [2.45, 2.75) is 44.3 Å². The molecule has 0 unspecified atom stereocenters. The zero-order chi connectivity index (χ0) is 14.9. The molecule has 1 aliphatic carbocycles. The molecule has 1 aromatic rings. The van der Waals surface area contributed by atoms with Gasteiger partial charge in [-0.05, 0) is 19.3 Å². The number of aromatic nitrogens is 1. The van der Waals surface area contributed by atoms with Gasteiger partial charge in [0.2, 0.25) is 0 Å². The van der Waals surface area contributed by atoms with E-state index in [1.165, 1.54) is 25.7 Å². The van der Waals surface area contributed by atoms with E-state index in [-0.39, 0.29) is 0 Å². The molecule has 2 fully saturated rings. The van der Waals surface area contributed by atoms with Gasteiger partial charge in [-0.1, -0.05) is 24.2 Å². The maximum Gasteiger partial charge on any atom is 0.427 e. The van der Waals surface area contributed by atoms with Crippen molar-refractivity contribution < 1.29 is 13.2 Å². The van der Waals surface area contributed by atoms with Crippen LogP contribution in [0.2, 0.25) is 0 Å². The van der Waals surface area contributed by atoms with Crippen molar-refractivity contribution >= 4 is 16.5 Å². The highest BCUT2D eigenvalue weighted by molar-refractivity contribution is 7.15. The van der Waals surface area contributed by atoms with Crippen molar-refractivity contribution in [2.24, 2.45) is 0 Å². The predicted molar refractivity (Wildman–Crippen MR) is 77.8 cm³/mol. The minimum Gasteiger partial charge on any atom is -0.347 e. The second-order valence-electron chi connectivity index (χ2n) is 5.82. The third-order valence-electron chi connectivity index (χ3n) is 4.41. The maximum atomic E-state index is 12.7. The monoisotopic (exact) mass is 319 g/mol. The molecule has 1 saturated heterocycles. The molecule has 118 valence electrons. The van der Waals surface area contributed by atoms with Crippen molar-refractivity contribution in [3.8, 4) is 0 Å². The van der Waals surface area contributed by atoms with E-state index in [1.807, 2.05) is 4.90 Å². The number of halogens is 3. The summed E-state index contributed by atoms with van der Waals surface area (Å²) in [6, 6.07) is 0.687. The lowest BCUT2D eigenvalue weighted by molar-refractivity contribution is -0.134. The Morgan fingerprint density at radius 1 is 1.05 bits per heavy atom. The minimum absolute atomic E-state index is 0.510. The third-order valence-corrected chi connectivity index (χ3v) is 5.52. The average molecular weight is 319 g/mol. The first-order chi connectivity index (χ1) is 10.0. The maximum absolute atomic E-state index is 12.7. The van der Waals surface area contributed by atoms with E-state index in [2.05, 4.69) is 9.88 Å². The summed E-state index contributed by atoms with van der Waals surface area (Å²) in [5.74, 6) is 0. The lowest BCUT2D eigenvalue weighted by Crippen LogP contribution is -2.36. The van der Waals surface area contributed by atoms with Crippen molar-refractivity contribution in [1.82, 2.24) is 9.88 Å². The number of thiazole rings is 1. The standard InChI is InChI=1S/C14H20F3N3S/c15-14(16,17)12-10-18-13(21-12)20-7-3-6-19(8-9-20)11-4-1-2-5-11/h10-11H,1-9H2. The van der Waals surface area contributed by atoms with Crippen LogP contribution in [-0.2, 0) is 6.18 Å². The lowest BCUT2D eigenvalue weighted by atomic mass is 10.2. The van der Waals surface area contributed by atoms with Crippen molar-refractivity contribution in [3.05, 3.63) is 11.1 Å². The normalized spacial score (nSPS) is 22.7. The van der Waals surface area contributed by atoms with Gasteiger partial charge in [-0.15, -0.1) is 0 Å². The molecular weight excluding hydrogens is 299 g/mol. The molecule has 3 nitrogen and oxygen atoms in total. The molecule has 21 heavy (non-hydrogen) atoms. The Kier molecular flexibility index (Phi) is 4.40. The Labute approximate surface area is 126 Å². The summed E-state index contributed by atoms with van der Waals surface area (Å²) in [5.41, 5.74) is 0. The molecule has 1 aliphatic heterocycles. The fraction of sp³-hybridized carbons (Fsp3) is 0.786. The molecule has 2 heterocycles. The highest BCUT2D eigenvalue weighted by atomic mass is 32.1. The summed E-state index contributed by atoms with van der Waals surface area (Å²) in [4.78, 5) is 7.90. The molecule has 7 heteroatoms. The van der Waals surface area contributed by atoms with Gasteiger partial charge in [0.1, 0.15) is 4.88 Å². The highest BCUT2D eigenvalue weighted by Gasteiger charge is 2.34. The SMILES string of the molecule is FC(F)(F)c1cnc(N2CCCN(C3CCCC3)CC2)s1. The lowest BCUT2D eigenvalue weighted by Gasteiger charge is -2.27. The van der Waals surface area contributed by atoms with E-state index in [4.69, 9.17) is 0 Å². The average Bonchev–Trinajstić information content (AvgIpc) is 3.06. The quantitative estimate of drug-likeness (QED) is 0.830. The predicted octanol–water partition coefficient (Wildman–Crippen LogP) is 3.62. The van der Waals surface area contributed by atoms with Gasteiger partial charge in [0.15, 0.2) is 5.13 Å². The largest absolute Gasteiger partial charge is 0.427 e. The number of rotatable bonds is 2. The Bertz CT molecular complexity index is 468. The van der Waals surface area contributed by atoms with Gasteiger partial charge >= 0.3 is 6.18 Å². The van der Waals surface area contributed by atoms with Gasteiger partial charge in [-0.3, -0.25) is 4.90 Å². The van der Waals surface area contributed by atoms with Gasteiger partial charge < -0.3 is 4.90 Å². The Balaban J connectivity index is 1.63. The summed E-state index contributed by atoms with van der Waals surface area (Å²) in [5, 5.41) is 0.510. The topological polar surface area (TPSA) is 19.4 Å². The third kappa shape index (κ3) is 3.51. The molecule has 0 spiro atoms. The number of alkyl halides is 3. The molecule has 1 aromatic heterocycles. The van der Waals surface area contributed by atoms with Gasteiger partial charge in [-0.2, -0.15) is 13.2 Å². The van der Waals surface area contributed by atoms with Crippen molar-refractivity contribution in [1.29, 1.82) is 0 Å². The molecular formula is C14H20F3N3S. The summed E-state index contributed by atoms with van der Waals surface area (Å²) in [6.45, 7) is 3.57. The van der Waals surface area contributed by atoms with E-state index in [0.29, 0.717) is 11.2 Å². The Morgan fingerprint density at radius 2 is 1.81 bits per heavy atom. The van der Waals surface area contributed by atoms with Crippen LogP contribution in [0.3, 0.4) is 0 Å². The Hall–Kier alpha value is -0.820. The second kappa shape index (κ2) is 6.12. The number of anilines is 1. The molecule has 1 saturated carbocycles. The van der Waals surface area contributed by atoms with Crippen LogP contribution in [0.25, 0.3) is 0 Å². The summed E-state index contributed by atoms with van der Waals surface area (Å²) >= 11 is 0.760.